The monoisotopic (exact) mass is 312 g/mol. The van der Waals surface area contributed by atoms with Gasteiger partial charge >= 0.3 is 6.09 Å². The molecule has 0 bridgehead atoms. The maximum absolute atomic E-state index is 12.1. The Morgan fingerprint density at radius 1 is 1.04 bits per heavy atom. The highest BCUT2D eigenvalue weighted by Gasteiger charge is 2.15. The van der Waals surface area contributed by atoms with Gasteiger partial charge in [-0.25, -0.2) is 4.79 Å². The fraction of sp³-hybridized carbons (Fsp3) is 0.333. The van der Waals surface area contributed by atoms with Crippen molar-refractivity contribution in [2.24, 2.45) is 0 Å². The second kappa shape index (κ2) is 7.91. The molecule has 0 unspecified atom stereocenters. The molecule has 0 saturated carbocycles. The maximum Gasteiger partial charge on any atom is 0.407 e. The van der Waals surface area contributed by atoms with Gasteiger partial charge in [-0.3, -0.25) is 4.79 Å². The van der Waals surface area contributed by atoms with Gasteiger partial charge < -0.3 is 15.4 Å². The van der Waals surface area contributed by atoms with Gasteiger partial charge in [0.2, 0.25) is 0 Å². The van der Waals surface area contributed by atoms with Crippen molar-refractivity contribution in [2.45, 2.75) is 26.4 Å². The summed E-state index contributed by atoms with van der Waals surface area (Å²) in [5, 5.41) is 5.22. The summed E-state index contributed by atoms with van der Waals surface area (Å²) in [4.78, 5) is 23.5. The molecule has 0 aliphatic carbocycles. The van der Waals surface area contributed by atoms with E-state index in [2.05, 4.69) is 22.5 Å². The number of terminal acetylenes is 2. The Bertz CT molecular complexity index is 641. The summed E-state index contributed by atoms with van der Waals surface area (Å²) in [7, 11) is 0. The molecular formula is C18H20N2O3. The second-order valence-electron chi connectivity index (χ2n) is 5.77. The Labute approximate surface area is 136 Å². The van der Waals surface area contributed by atoms with Gasteiger partial charge in [-0.15, -0.1) is 12.8 Å². The van der Waals surface area contributed by atoms with Crippen LogP contribution in [0.2, 0.25) is 0 Å². The summed E-state index contributed by atoms with van der Waals surface area (Å²) < 4.78 is 5.08. The van der Waals surface area contributed by atoms with Crippen molar-refractivity contribution in [3.63, 3.8) is 0 Å². The number of nitrogens with one attached hydrogen (secondary N) is 2. The van der Waals surface area contributed by atoms with E-state index in [9.17, 15) is 9.59 Å². The van der Waals surface area contributed by atoms with Crippen LogP contribution in [0.1, 0.15) is 42.3 Å². The molecule has 0 aliphatic rings. The predicted molar refractivity (Wildman–Crippen MR) is 88.9 cm³/mol. The van der Waals surface area contributed by atoms with E-state index in [1.807, 2.05) is 0 Å². The smallest absolute Gasteiger partial charge is 0.407 e. The number of benzene rings is 1. The molecule has 0 fully saturated rings. The Morgan fingerprint density at radius 2 is 1.57 bits per heavy atom. The third-order valence-corrected chi connectivity index (χ3v) is 2.61. The molecule has 2 amide bonds. The normalized spacial score (nSPS) is 10.1. The zero-order valence-electron chi connectivity index (χ0n) is 13.5. The van der Waals surface area contributed by atoms with E-state index in [1.165, 1.54) is 0 Å². The number of ether oxygens (including phenoxy) is 1. The first-order valence-corrected chi connectivity index (χ1v) is 7.08. The summed E-state index contributed by atoms with van der Waals surface area (Å²) in [5.41, 5.74) is 0.898. The van der Waals surface area contributed by atoms with Gasteiger partial charge in [-0.2, -0.15) is 0 Å². The summed E-state index contributed by atoms with van der Waals surface area (Å²) in [6.45, 7) is 5.82. The first kappa shape index (κ1) is 18.1. The van der Waals surface area contributed by atoms with Crippen LogP contribution in [0.5, 0.6) is 0 Å². The molecule has 1 aromatic carbocycles. The zero-order chi connectivity index (χ0) is 17.5. The molecular weight excluding hydrogens is 292 g/mol. The minimum Gasteiger partial charge on any atom is -0.444 e. The number of rotatable bonds is 4. The van der Waals surface area contributed by atoms with Crippen LogP contribution in [0.25, 0.3) is 0 Å². The molecule has 120 valence electrons. The van der Waals surface area contributed by atoms with Crippen LogP contribution in [-0.4, -0.2) is 30.7 Å². The molecule has 1 rings (SSSR count). The lowest BCUT2D eigenvalue weighted by Gasteiger charge is -2.19. The molecule has 0 aliphatic heterocycles. The number of carbonyl (C=O) groups excluding carboxylic acids is 2. The highest BCUT2D eigenvalue weighted by atomic mass is 16.6. The fourth-order valence-corrected chi connectivity index (χ4v) is 1.68. The number of hydrogen-bond donors (Lipinski definition) is 2. The van der Waals surface area contributed by atoms with Crippen LogP contribution in [0, 0.1) is 24.7 Å². The molecule has 2 N–H and O–H groups in total. The third kappa shape index (κ3) is 6.58. The molecule has 0 heterocycles. The van der Waals surface area contributed by atoms with Crippen molar-refractivity contribution in [1.29, 1.82) is 0 Å². The van der Waals surface area contributed by atoms with Crippen molar-refractivity contribution in [3.05, 3.63) is 34.9 Å². The van der Waals surface area contributed by atoms with Gasteiger partial charge in [-0.05, 0) is 39.0 Å². The van der Waals surface area contributed by atoms with Crippen LogP contribution in [0.3, 0.4) is 0 Å². The predicted octanol–water partition coefficient (Wildman–Crippen LogP) is 1.90. The topological polar surface area (TPSA) is 67.4 Å². The van der Waals surface area contributed by atoms with Crippen molar-refractivity contribution in [2.75, 3.05) is 13.1 Å². The Balaban J connectivity index is 2.51. The second-order valence-corrected chi connectivity index (χ2v) is 5.77. The quantitative estimate of drug-likeness (QED) is 0.659. The van der Waals surface area contributed by atoms with E-state index in [0.29, 0.717) is 16.7 Å². The average molecular weight is 312 g/mol. The Hall–Kier alpha value is -2.92. The summed E-state index contributed by atoms with van der Waals surface area (Å²) in [6, 6.07) is 4.82. The van der Waals surface area contributed by atoms with Crippen molar-refractivity contribution in [1.82, 2.24) is 10.6 Å². The molecule has 0 radical (unpaired) electrons. The van der Waals surface area contributed by atoms with E-state index in [0.717, 1.165) is 0 Å². The van der Waals surface area contributed by atoms with Crippen LogP contribution in [0.15, 0.2) is 18.2 Å². The standard InChI is InChI=1S/C18H20N2O3/c1-6-13-10-14(7-2)12-15(11-13)16(21)19-8-9-20-17(22)23-18(3,4)5/h1-2,10-12H,8-9H2,3-5H3,(H,19,21)(H,20,22). The lowest BCUT2D eigenvalue weighted by Crippen LogP contribution is -2.37. The molecule has 5 nitrogen and oxygen atoms in total. The maximum atomic E-state index is 12.1. The van der Waals surface area contributed by atoms with Crippen molar-refractivity contribution in [3.8, 4) is 24.7 Å². The van der Waals surface area contributed by atoms with Gasteiger partial charge in [0.25, 0.3) is 5.91 Å². The zero-order valence-corrected chi connectivity index (χ0v) is 13.5. The van der Waals surface area contributed by atoms with Gasteiger partial charge in [-0.1, -0.05) is 11.8 Å². The van der Waals surface area contributed by atoms with Crippen molar-refractivity contribution < 1.29 is 14.3 Å². The van der Waals surface area contributed by atoms with Crippen LogP contribution in [-0.2, 0) is 4.74 Å². The molecule has 0 atom stereocenters. The van der Waals surface area contributed by atoms with E-state index >= 15 is 0 Å². The SMILES string of the molecule is C#Cc1cc(C#C)cc(C(=O)NCCNC(=O)OC(C)(C)C)c1. The Morgan fingerprint density at radius 3 is 2.04 bits per heavy atom. The fourth-order valence-electron chi connectivity index (χ4n) is 1.68. The third-order valence-electron chi connectivity index (χ3n) is 2.61. The summed E-state index contributed by atoms with van der Waals surface area (Å²) in [6.07, 6.45) is 10.1. The largest absolute Gasteiger partial charge is 0.444 e. The van der Waals surface area contributed by atoms with Gasteiger partial charge in [0.15, 0.2) is 0 Å². The molecule has 5 heteroatoms. The molecule has 0 spiro atoms. The first-order chi connectivity index (χ1) is 10.7. The minimum atomic E-state index is -0.561. The highest BCUT2D eigenvalue weighted by Crippen LogP contribution is 2.09. The van der Waals surface area contributed by atoms with E-state index in [4.69, 9.17) is 17.6 Å². The van der Waals surface area contributed by atoms with Crippen LogP contribution in [0.4, 0.5) is 4.79 Å². The van der Waals surface area contributed by atoms with Crippen molar-refractivity contribution >= 4 is 12.0 Å². The Kier molecular flexibility index (Phi) is 6.24. The number of amides is 2. The van der Waals surface area contributed by atoms with E-state index in [-0.39, 0.29) is 19.0 Å². The lowest BCUT2D eigenvalue weighted by atomic mass is 10.1. The van der Waals surface area contributed by atoms with Gasteiger partial charge in [0.05, 0.1) is 0 Å². The van der Waals surface area contributed by atoms with E-state index in [1.54, 1.807) is 39.0 Å². The number of carbonyl (C=O) groups is 2. The summed E-state index contributed by atoms with van der Waals surface area (Å²) >= 11 is 0. The van der Waals surface area contributed by atoms with Crippen LogP contribution < -0.4 is 10.6 Å². The molecule has 0 aromatic heterocycles. The average Bonchev–Trinajstić information content (AvgIpc) is 2.48. The molecule has 23 heavy (non-hydrogen) atoms. The van der Waals surface area contributed by atoms with Crippen LogP contribution >= 0.6 is 0 Å². The lowest BCUT2D eigenvalue weighted by molar-refractivity contribution is 0.0526. The number of hydrogen-bond acceptors (Lipinski definition) is 3. The first-order valence-electron chi connectivity index (χ1n) is 7.08. The molecule has 1 aromatic rings. The minimum absolute atomic E-state index is 0.247. The van der Waals surface area contributed by atoms with Gasteiger partial charge in [0.1, 0.15) is 5.60 Å². The van der Waals surface area contributed by atoms with E-state index < -0.39 is 11.7 Å². The number of alkyl carbamates (subject to hydrolysis) is 1. The summed E-state index contributed by atoms with van der Waals surface area (Å²) in [5.74, 6) is 4.59. The van der Waals surface area contributed by atoms with Gasteiger partial charge in [0, 0.05) is 29.8 Å². The highest BCUT2D eigenvalue weighted by molar-refractivity contribution is 5.95. The molecule has 0 saturated heterocycles.